The van der Waals surface area contributed by atoms with Crippen molar-refractivity contribution in [1.82, 2.24) is 14.9 Å². The van der Waals surface area contributed by atoms with E-state index in [1.165, 1.54) is 0 Å². The Morgan fingerprint density at radius 3 is 2.56 bits per heavy atom. The predicted molar refractivity (Wildman–Crippen MR) is 101 cm³/mol. The molecule has 0 saturated carbocycles. The van der Waals surface area contributed by atoms with E-state index in [9.17, 15) is 13.2 Å². The van der Waals surface area contributed by atoms with E-state index in [0.29, 0.717) is 12.6 Å². The first-order valence-electron chi connectivity index (χ1n) is 8.34. The lowest BCUT2D eigenvalue weighted by molar-refractivity contribution is -0.135. The molecule has 0 aromatic heterocycles. The quantitative estimate of drug-likeness (QED) is 0.773. The summed E-state index contributed by atoms with van der Waals surface area (Å²) < 4.78 is 27.0. The number of nitrogens with one attached hydrogen (secondary N) is 2. The van der Waals surface area contributed by atoms with Crippen molar-refractivity contribution in [3.8, 4) is 0 Å². The Bertz CT molecular complexity index is 664. The van der Waals surface area contributed by atoms with Gasteiger partial charge in [0.1, 0.15) is 0 Å². The van der Waals surface area contributed by atoms with Gasteiger partial charge >= 0.3 is 0 Å². The van der Waals surface area contributed by atoms with Gasteiger partial charge in [-0.05, 0) is 45.4 Å². The molecular formula is C17H28ClN3O3S. The van der Waals surface area contributed by atoms with E-state index in [1.54, 1.807) is 36.2 Å². The number of hydrogen-bond donors (Lipinski definition) is 2. The second-order valence-corrected chi connectivity index (χ2v) is 8.31. The van der Waals surface area contributed by atoms with E-state index in [2.05, 4.69) is 17.0 Å². The molecular weight excluding hydrogens is 362 g/mol. The van der Waals surface area contributed by atoms with E-state index >= 15 is 0 Å². The summed E-state index contributed by atoms with van der Waals surface area (Å²) >= 11 is 0. The highest BCUT2D eigenvalue weighted by molar-refractivity contribution is 7.89. The van der Waals surface area contributed by atoms with E-state index < -0.39 is 10.0 Å². The highest BCUT2D eigenvalue weighted by Crippen LogP contribution is 2.18. The molecule has 2 N–H and O–H groups in total. The van der Waals surface area contributed by atoms with Crippen LogP contribution in [0.4, 0.5) is 0 Å². The van der Waals surface area contributed by atoms with Crippen LogP contribution in [-0.2, 0) is 14.8 Å². The topological polar surface area (TPSA) is 78.5 Å². The van der Waals surface area contributed by atoms with Gasteiger partial charge in [-0.2, -0.15) is 0 Å². The summed E-state index contributed by atoms with van der Waals surface area (Å²) in [6.45, 7) is 5.41. The average Bonchev–Trinajstić information content (AvgIpc) is 2.54. The Morgan fingerprint density at radius 1 is 1.32 bits per heavy atom. The second kappa shape index (κ2) is 9.52. The molecule has 1 aliphatic rings. The minimum absolute atomic E-state index is 0. The molecule has 8 heteroatoms. The minimum atomic E-state index is -3.53. The van der Waals surface area contributed by atoms with Crippen LogP contribution in [0, 0.1) is 12.8 Å². The number of piperidine rings is 1. The fourth-order valence-corrected chi connectivity index (χ4v) is 3.95. The Labute approximate surface area is 156 Å². The molecule has 2 rings (SSSR count). The van der Waals surface area contributed by atoms with Gasteiger partial charge < -0.3 is 10.2 Å². The van der Waals surface area contributed by atoms with E-state index in [-0.39, 0.29) is 35.7 Å². The van der Waals surface area contributed by atoms with Crippen molar-refractivity contribution in [2.75, 3.05) is 26.7 Å². The van der Waals surface area contributed by atoms with Crippen molar-refractivity contribution < 1.29 is 13.2 Å². The zero-order valence-corrected chi connectivity index (χ0v) is 16.6. The Morgan fingerprint density at radius 2 is 1.96 bits per heavy atom. The molecule has 0 spiro atoms. The number of sulfonamides is 1. The summed E-state index contributed by atoms with van der Waals surface area (Å²) in [6.07, 6.45) is 1.67. The third kappa shape index (κ3) is 6.26. The van der Waals surface area contributed by atoms with Crippen molar-refractivity contribution in [1.29, 1.82) is 0 Å². The van der Waals surface area contributed by atoms with E-state index in [0.717, 1.165) is 24.9 Å². The molecule has 142 valence electrons. The average molecular weight is 390 g/mol. The number of aryl methyl sites for hydroxylation is 1. The summed E-state index contributed by atoms with van der Waals surface area (Å²) in [5, 5.41) is 3.33. The number of carbonyl (C=O) groups excluding carboxylic acids is 1. The van der Waals surface area contributed by atoms with Crippen LogP contribution in [0.25, 0.3) is 0 Å². The zero-order chi connectivity index (χ0) is 17.7. The Balaban J connectivity index is 0.00000312. The van der Waals surface area contributed by atoms with Gasteiger partial charge in [0.05, 0.1) is 4.90 Å². The molecule has 1 aliphatic heterocycles. The summed E-state index contributed by atoms with van der Waals surface area (Å²) in [5.74, 6) is 0.123. The number of amides is 1. The SMILES string of the molecule is Cc1ccc(S(=O)(=O)NCCN(C)C(=O)[C@H]2CCN[C@@H](C)C2)cc1.Cl. The lowest BCUT2D eigenvalue weighted by Gasteiger charge is -2.30. The number of likely N-dealkylation sites (N-methyl/N-ethyl adjacent to an activating group) is 1. The normalized spacial score (nSPS) is 20.6. The fourth-order valence-electron chi connectivity index (χ4n) is 2.93. The van der Waals surface area contributed by atoms with Crippen LogP contribution < -0.4 is 10.0 Å². The second-order valence-electron chi connectivity index (χ2n) is 6.55. The third-order valence-electron chi connectivity index (χ3n) is 4.42. The first-order chi connectivity index (χ1) is 11.3. The predicted octanol–water partition coefficient (Wildman–Crippen LogP) is 1.54. The standard InChI is InChI=1S/C17H27N3O3S.ClH/c1-13-4-6-16(7-5-13)24(22,23)19-10-11-20(3)17(21)15-8-9-18-14(2)12-15;/h4-7,14-15,18-19H,8-12H2,1-3H3;1H/t14-,15-;/m0./s1. The number of hydrogen-bond acceptors (Lipinski definition) is 4. The molecule has 1 aromatic rings. The van der Waals surface area contributed by atoms with Crippen LogP contribution in [0.3, 0.4) is 0 Å². The van der Waals surface area contributed by atoms with Gasteiger partial charge in [-0.1, -0.05) is 17.7 Å². The first-order valence-corrected chi connectivity index (χ1v) is 9.82. The third-order valence-corrected chi connectivity index (χ3v) is 5.90. The maximum atomic E-state index is 12.4. The minimum Gasteiger partial charge on any atom is -0.344 e. The summed E-state index contributed by atoms with van der Waals surface area (Å²) in [6, 6.07) is 7.05. The highest BCUT2D eigenvalue weighted by Gasteiger charge is 2.27. The number of halogens is 1. The Hall–Kier alpha value is -1.15. The summed E-state index contributed by atoms with van der Waals surface area (Å²) in [5.41, 5.74) is 1.01. The molecule has 1 saturated heterocycles. The smallest absolute Gasteiger partial charge is 0.240 e. The molecule has 2 atom stereocenters. The molecule has 1 aromatic carbocycles. The molecule has 0 aliphatic carbocycles. The molecule has 0 radical (unpaired) electrons. The van der Waals surface area contributed by atoms with E-state index in [4.69, 9.17) is 0 Å². The van der Waals surface area contributed by atoms with Gasteiger partial charge in [-0.15, -0.1) is 12.4 Å². The van der Waals surface area contributed by atoms with Crippen LogP contribution in [0.5, 0.6) is 0 Å². The van der Waals surface area contributed by atoms with Crippen LogP contribution in [-0.4, -0.2) is 51.9 Å². The van der Waals surface area contributed by atoms with Crippen molar-refractivity contribution in [2.45, 2.75) is 37.6 Å². The number of carbonyl (C=O) groups is 1. The van der Waals surface area contributed by atoms with Crippen LogP contribution >= 0.6 is 12.4 Å². The molecule has 1 amide bonds. The van der Waals surface area contributed by atoms with Crippen molar-refractivity contribution in [2.24, 2.45) is 5.92 Å². The number of rotatable bonds is 6. The molecule has 1 heterocycles. The lowest BCUT2D eigenvalue weighted by Crippen LogP contribution is -2.44. The largest absolute Gasteiger partial charge is 0.344 e. The number of benzene rings is 1. The number of nitrogens with zero attached hydrogens (tertiary/aromatic N) is 1. The van der Waals surface area contributed by atoms with Crippen molar-refractivity contribution in [3.63, 3.8) is 0 Å². The maximum Gasteiger partial charge on any atom is 0.240 e. The van der Waals surface area contributed by atoms with Crippen LogP contribution in [0.2, 0.25) is 0 Å². The molecule has 1 fully saturated rings. The molecule has 0 unspecified atom stereocenters. The summed E-state index contributed by atoms with van der Waals surface area (Å²) in [7, 11) is -1.80. The highest BCUT2D eigenvalue weighted by atomic mass is 35.5. The van der Waals surface area contributed by atoms with Crippen LogP contribution in [0.15, 0.2) is 29.2 Å². The van der Waals surface area contributed by atoms with Gasteiger partial charge in [0.15, 0.2) is 0 Å². The van der Waals surface area contributed by atoms with Crippen molar-refractivity contribution >= 4 is 28.3 Å². The zero-order valence-electron chi connectivity index (χ0n) is 15.0. The Kier molecular flexibility index (Phi) is 8.34. The van der Waals surface area contributed by atoms with Gasteiger partial charge in [0.25, 0.3) is 0 Å². The monoisotopic (exact) mass is 389 g/mol. The lowest BCUT2D eigenvalue weighted by atomic mass is 9.92. The van der Waals surface area contributed by atoms with Gasteiger partial charge in [-0.25, -0.2) is 13.1 Å². The van der Waals surface area contributed by atoms with Crippen LogP contribution in [0.1, 0.15) is 25.3 Å². The molecule has 25 heavy (non-hydrogen) atoms. The molecule has 6 nitrogen and oxygen atoms in total. The van der Waals surface area contributed by atoms with Gasteiger partial charge in [0, 0.05) is 32.1 Å². The van der Waals surface area contributed by atoms with Gasteiger partial charge in [0.2, 0.25) is 15.9 Å². The van der Waals surface area contributed by atoms with E-state index in [1.807, 2.05) is 6.92 Å². The first kappa shape index (κ1) is 21.9. The fraction of sp³-hybridized carbons (Fsp3) is 0.588. The maximum absolute atomic E-state index is 12.4. The summed E-state index contributed by atoms with van der Waals surface area (Å²) in [4.78, 5) is 14.3. The molecule has 0 bridgehead atoms. The van der Waals surface area contributed by atoms with Gasteiger partial charge in [-0.3, -0.25) is 4.79 Å². The van der Waals surface area contributed by atoms with Crippen molar-refractivity contribution in [3.05, 3.63) is 29.8 Å².